The van der Waals surface area contributed by atoms with Crippen LogP contribution in [-0.4, -0.2) is 33.2 Å². The average molecular weight is 450 g/mol. The van der Waals surface area contributed by atoms with Crippen molar-refractivity contribution in [3.05, 3.63) is 78.0 Å². The van der Waals surface area contributed by atoms with Gasteiger partial charge in [0.1, 0.15) is 0 Å². The van der Waals surface area contributed by atoms with Gasteiger partial charge in [0.05, 0.1) is 22.8 Å². The SMILES string of the molecule is CC(C)n1ncc2c(C(=O)OCC(=O)Nc3ccc(F)c(F)c3)cc(-c3ccccc3)nc21. The van der Waals surface area contributed by atoms with Crippen molar-refractivity contribution >= 4 is 28.6 Å². The van der Waals surface area contributed by atoms with Crippen molar-refractivity contribution in [2.24, 2.45) is 0 Å². The number of rotatable bonds is 6. The second-order valence-electron chi connectivity index (χ2n) is 7.59. The summed E-state index contributed by atoms with van der Waals surface area (Å²) in [6.07, 6.45) is 1.54. The van der Waals surface area contributed by atoms with E-state index < -0.39 is 30.1 Å². The lowest BCUT2D eigenvalue weighted by Gasteiger charge is -2.11. The maximum atomic E-state index is 13.3. The van der Waals surface area contributed by atoms with Crippen molar-refractivity contribution in [3.8, 4) is 11.3 Å². The van der Waals surface area contributed by atoms with Gasteiger partial charge in [0.25, 0.3) is 5.91 Å². The first-order chi connectivity index (χ1) is 15.8. The van der Waals surface area contributed by atoms with Crippen LogP contribution in [0.1, 0.15) is 30.2 Å². The summed E-state index contributed by atoms with van der Waals surface area (Å²) in [5, 5.41) is 7.19. The number of hydrogen-bond donors (Lipinski definition) is 1. The molecule has 1 N–H and O–H groups in total. The highest BCUT2D eigenvalue weighted by molar-refractivity contribution is 6.04. The van der Waals surface area contributed by atoms with Gasteiger partial charge < -0.3 is 10.1 Å². The number of fused-ring (bicyclic) bond motifs is 1. The van der Waals surface area contributed by atoms with E-state index in [0.717, 1.165) is 17.7 Å². The van der Waals surface area contributed by atoms with Crippen LogP contribution in [0.15, 0.2) is 60.8 Å². The summed E-state index contributed by atoms with van der Waals surface area (Å²) in [4.78, 5) is 29.7. The molecule has 0 bridgehead atoms. The number of carbonyl (C=O) groups is 2. The summed E-state index contributed by atoms with van der Waals surface area (Å²) in [7, 11) is 0. The largest absolute Gasteiger partial charge is 0.452 e. The van der Waals surface area contributed by atoms with E-state index in [0.29, 0.717) is 16.7 Å². The van der Waals surface area contributed by atoms with Crippen molar-refractivity contribution in [1.82, 2.24) is 14.8 Å². The van der Waals surface area contributed by atoms with E-state index in [1.54, 1.807) is 10.7 Å². The molecule has 0 saturated heterocycles. The molecule has 4 rings (SSSR count). The van der Waals surface area contributed by atoms with Crippen molar-refractivity contribution in [1.29, 1.82) is 0 Å². The maximum Gasteiger partial charge on any atom is 0.339 e. The number of amides is 1. The van der Waals surface area contributed by atoms with E-state index in [9.17, 15) is 18.4 Å². The highest BCUT2D eigenvalue weighted by atomic mass is 19.2. The van der Waals surface area contributed by atoms with Gasteiger partial charge >= 0.3 is 5.97 Å². The minimum Gasteiger partial charge on any atom is -0.452 e. The van der Waals surface area contributed by atoms with Crippen LogP contribution in [0.3, 0.4) is 0 Å². The number of nitrogens with zero attached hydrogens (tertiary/aromatic N) is 3. The Kier molecular flexibility index (Phi) is 6.12. The monoisotopic (exact) mass is 450 g/mol. The molecule has 2 aromatic heterocycles. The first kappa shape index (κ1) is 22.1. The molecule has 0 aliphatic rings. The van der Waals surface area contributed by atoms with E-state index in [-0.39, 0.29) is 17.3 Å². The van der Waals surface area contributed by atoms with E-state index in [4.69, 9.17) is 4.74 Å². The van der Waals surface area contributed by atoms with Gasteiger partial charge in [0.15, 0.2) is 23.9 Å². The molecule has 168 valence electrons. The normalized spacial score (nSPS) is 11.1. The number of nitrogens with one attached hydrogen (secondary N) is 1. The third-order valence-electron chi connectivity index (χ3n) is 4.88. The first-order valence-electron chi connectivity index (χ1n) is 10.2. The van der Waals surface area contributed by atoms with Crippen LogP contribution in [0.5, 0.6) is 0 Å². The number of hydrogen-bond acceptors (Lipinski definition) is 5. The Labute approximate surface area is 188 Å². The number of aromatic nitrogens is 3. The van der Waals surface area contributed by atoms with Crippen molar-refractivity contribution in [2.45, 2.75) is 19.9 Å². The summed E-state index contributed by atoms with van der Waals surface area (Å²) >= 11 is 0. The van der Waals surface area contributed by atoms with Gasteiger partial charge in [-0.3, -0.25) is 4.79 Å². The third kappa shape index (κ3) is 4.72. The lowest BCUT2D eigenvalue weighted by molar-refractivity contribution is -0.119. The van der Waals surface area contributed by atoms with E-state index >= 15 is 0 Å². The quantitative estimate of drug-likeness (QED) is 0.429. The molecule has 9 heteroatoms. The van der Waals surface area contributed by atoms with E-state index in [1.807, 2.05) is 44.2 Å². The minimum absolute atomic E-state index is 0.00627. The Morgan fingerprint density at radius 2 is 1.82 bits per heavy atom. The lowest BCUT2D eigenvalue weighted by Crippen LogP contribution is -2.21. The molecule has 0 aliphatic heterocycles. The van der Waals surface area contributed by atoms with E-state index in [2.05, 4.69) is 15.4 Å². The number of esters is 1. The summed E-state index contributed by atoms with van der Waals surface area (Å²) in [6.45, 7) is 3.29. The summed E-state index contributed by atoms with van der Waals surface area (Å²) < 4.78 is 33.3. The van der Waals surface area contributed by atoms with Gasteiger partial charge in [-0.25, -0.2) is 23.2 Å². The Morgan fingerprint density at radius 1 is 1.06 bits per heavy atom. The second-order valence-corrected chi connectivity index (χ2v) is 7.59. The minimum atomic E-state index is -1.10. The fraction of sp³-hybridized carbons (Fsp3) is 0.167. The van der Waals surface area contributed by atoms with Crippen LogP contribution in [0, 0.1) is 11.6 Å². The molecule has 0 unspecified atom stereocenters. The Hall–Kier alpha value is -4.14. The van der Waals surface area contributed by atoms with Crippen LogP contribution in [0.25, 0.3) is 22.3 Å². The zero-order valence-electron chi connectivity index (χ0n) is 17.9. The van der Waals surface area contributed by atoms with Gasteiger partial charge in [-0.2, -0.15) is 5.10 Å². The Bertz CT molecular complexity index is 1340. The van der Waals surface area contributed by atoms with Gasteiger partial charge in [-0.15, -0.1) is 0 Å². The number of benzene rings is 2. The highest BCUT2D eigenvalue weighted by Gasteiger charge is 2.20. The maximum absolute atomic E-state index is 13.3. The molecule has 2 heterocycles. The molecule has 0 atom stereocenters. The molecular weight excluding hydrogens is 430 g/mol. The molecular formula is C24H20F2N4O3. The van der Waals surface area contributed by atoms with Crippen LogP contribution in [0.4, 0.5) is 14.5 Å². The molecule has 0 saturated carbocycles. The van der Waals surface area contributed by atoms with Crippen molar-refractivity contribution < 1.29 is 23.1 Å². The molecule has 0 radical (unpaired) electrons. The van der Waals surface area contributed by atoms with Gasteiger partial charge in [0.2, 0.25) is 0 Å². The van der Waals surface area contributed by atoms with Crippen LogP contribution in [-0.2, 0) is 9.53 Å². The van der Waals surface area contributed by atoms with Gasteiger partial charge in [-0.1, -0.05) is 30.3 Å². The van der Waals surface area contributed by atoms with Crippen LogP contribution < -0.4 is 5.32 Å². The topological polar surface area (TPSA) is 86.1 Å². The number of anilines is 1. The Balaban J connectivity index is 1.59. The lowest BCUT2D eigenvalue weighted by atomic mass is 10.1. The predicted molar refractivity (Wildman–Crippen MR) is 119 cm³/mol. The Morgan fingerprint density at radius 3 is 2.52 bits per heavy atom. The number of halogens is 2. The smallest absolute Gasteiger partial charge is 0.339 e. The van der Waals surface area contributed by atoms with Gasteiger partial charge in [-0.05, 0) is 32.0 Å². The fourth-order valence-electron chi connectivity index (χ4n) is 3.30. The standard InChI is InChI=1S/C24H20F2N4O3/c1-14(2)30-23-18(12-27-30)17(11-21(29-23)15-6-4-3-5-7-15)24(32)33-13-22(31)28-16-8-9-19(25)20(26)10-16/h3-12,14H,13H2,1-2H3,(H,28,31). The second kappa shape index (κ2) is 9.15. The molecule has 0 spiro atoms. The number of ether oxygens (including phenoxy) is 1. The molecule has 0 aliphatic carbocycles. The first-order valence-corrected chi connectivity index (χ1v) is 10.2. The summed E-state index contributed by atoms with van der Waals surface area (Å²) in [5.41, 5.74) is 2.14. The zero-order chi connectivity index (χ0) is 23.5. The zero-order valence-corrected chi connectivity index (χ0v) is 17.9. The van der Waals surface area contributed by atoms with Gasteiger partial charge in [0, 0.05) is 23.4 Å². The number of carbonyl (C=O) groups excluding carboxylic acids is 2. The third-order valence-corrected chi connectivity index (χ3v) is 4.88. The molecule has 33 heavy (non-hydrogen) atoms. The van der Waals surface area contributed by atoms with Crippen LogP contribution >= 0.6 is 0 Å². The average Bonchev–Trinajstić information content (AvgIpc) is 3.24. The summed E-state index contributed by atoms with van der Waals surface area (Å²) in [5.74, 6) is -3.55. The molecule has 1 amide bonds. The molecule has 2 aromatic carbocycles. The van der Waals surface area contributed by atoms with Crippen LogP contribution in [0.2, 0.25) is 0 Å². The van der Waals surface area contributed by atoms with E-state index in [1.165, 1.54) is 12.3 Å². The number of pyridine rings is 1. The summed E-state index contributed by atoms with van der Waals surface area (Å²) in [6, 6.07) is 13.9. The van der Waals surface area contributed by atoms with Crippen molar-refractivity contribution in [2.75, 3.05) is 11.9 Å². The molecule has 4 aromatic rings. The van der Waals surface area contributed by atoms with Crippen molar-refractivity contribution in [3.63, 3.8) is 0 Å². The highest BCUT2D eigenvalue weighted by Crippen LogP contribution is 2.27. The fourth-order valence-corrected chi connectivity index (χ4v) is 3.30. The predicted octanol–water partition coefficient (Wildman–Crippen LogP) is 4.75. The molecule has 7 nitrogen and oxygen atoms in total. The molecule has 0 fully saturated rings.